The molecule has 21 heavy (non-hydrogen) atoms. The van der Waals surface area contributed by atoms with Crippen LogP contribution in [0.4, 0.5) is 0 Å². The zero-order valence-electron chi connectivity index (χ0n) is 13.4. The van der Waals surface area contributed by atoms with Crippen LogP contribution in [-0.4, -0.2) is 49.4 Å². The third-order valence-electron chi connectivity index (χ3n) is 5.41. The smallest absolute Gasteiger partial charge is 0.238 e. The van der Waals surface area contributed by atoms with Gasteiger partial charge in [-0.1, -0.05) is 13.8 Å². The fraction of sp³-hybridized carbons (Fsp3) is 0.875. The van der Waals surface area contributed by atoms with Gasteiger partial charge in [0.1, 0.15) is 6.04 Å². The maximum absolute atomic E-state index is 12.1. The average Bonchev–Trinajstić information content (AvgIpc) is 2.33. The van der Waals surface area contributed by atoms with Crippen molar-refractivity contribution in [2.24, 2.45) is 16.7 Å². The first-order valence-corrected chi connectivity index (χ1v) is 8.04. The number of carbonyl (C=O) groups excluding carboxylic acids is 2. The van der Waals surface area contributed by atoms with Crippen LogP contribution < -0.4 is 10.6 Å². The van der Waals surface area contributed by atoms with Gasteiger partial charge in [-0.3, -0.25) is 14.9 Å². The van der Waals surface area contributed by atoms with Crippen LogP contribution in [0.1, 0.15) is 39.5 Å². The van der Waals surface area contributed by atoms with E-state index in [1.807, 2.05) is 0 Å². The maximum atomic E-state index is 12.1. The second-order valence-electron chi connectivity index (χ2n) is 8.24. The van der Waals surface area contributed by atoms with E-state index in [4.69, 9.17) is 0 Å². The number of likely N-dealkylation sites (N-methyl/N-ethyl adjacent to an activating group) is 1. The van der Waals surface area contributed by atoms with Crippen molar-refractivity contribution in [3.05, 3.63) is 0 Å². The lowest BCUT2D eigenvalue weighted by Crippen LogP contribution is -2.59. The van der Waals surface area contributed by atoms with Crippen LogP contribution in [0.3, 0.4) is 0 Å². The Morgan fingerprint density at radius 2 is 2.05 bits per heavy atom. The van der Waals surface area contributed by atoms with Crippen LogP contribution in [0.25, 0.3) is 0 Å². The summed E-state index contributed by atoms with van der Waals surface area (Å²) in [5.41, 5.74) is 1.14. The van der Waals surface area contributed by atoms with E-state index in [2.05, 4.69) is 24.5 Å². The Morgan fingerprint density at radius 3 is 2.62 bits per heavy atom. The number of nitrogens with zero attached hydrogens (tertiary/aromatic N) is 1. The summed E-state index contributed by atoms with van der Waals surface area (Å²) in [5, 5.41) is 6.06. The predicted octanol–water partition coefficient (Wildman–Crippen LogP) is 0.749. The molecule has 2 N–H and O–H groups in total. The Balaban J connectivity index is 1.37. The van der Waals surface area contributed by atoms with Crippen molar-refractivity contribution in [2.45, 2.75) is 45.6 Å². The summed E-state index contributed by atoms with van der Waals surface area (Å²) in [6.07, 6.45) is 5.24. The molecule has 0 aromatic rings. The van der Waals surface area contributed by atoms with Crippen molar-refractivity contribution in [3.63, 3.8) is 0 Å². The van der Waals surface area contributed by atoms with E-state index in [9.17, 15) is 9.59 Å². The van der Waals surface area contributed by atoms with Crippen molar-refractivity contribution in [3.8, 4) is 0 Å². The summed E-state index contributed by atoms with van der Waals surface area (Å²) in [6, 6.07) is -0.260. The molecule has 5 heteroatoms. The van der Waals surface area contributed by atoms with Crippen LogP contribution >= 0.6 is 0 Å². The van der Waals surface area contributed by atoms with E-state index in [-0.39, 0.29) is 24.4 Å². The summed E-state index contributed by atoms with van der Waals surface area (Å²) in [7, 11) is 1.75. The molecule has 2 amide bonds. The van der Waals surface area contributed by atoms with E-state index in [0.717, 1.165) is 6.54 Å². The second-order valence-corrected chi connectivity index (χ2v) is 8.24. The summed E-state index contributed by atoms with van der Waals surface area (Å²) >= 11 is 0. The minimum Gasteiger partial charge on any atom is -0.354 e. The fourth-order valence-corrected chi connectivity index (χ4v) is 4.91. The molecule has 118 valence electrons. The highest BCUT2D eigenvalue weighted by Crippen LogP contribution is 2.65. The molecule has 0 bridgehead atoms. The topological polar surface area (TPSA) is 61.4 Å². The van der Waals surface area contributed by atoms with Gasteiger partial charge in [0, 0.05) is 20.1 Å². The normalized spacial score (nSPS) is 30.7. The van der Waals surface area contributed by atoms with Gasteiger partial charge >= 0.3 is 0 Å². The zero-order chi connectivity index (χ0) is 15.3. The molecule has 1 spiro atoms. The van der Waals surface area contributed by atoms with Crippen molar-refractivity contribution >= 4 is 11.8 Å². The Kier molecular flexibility index (Phi) is 3.51. The first-order chi connectivity index (χ1) is 9.79. The molecule has 0 aromatic heterocycles. The highest BCUT2D eigenvalue weighted by Gasteiger charge is 2.55. The van der Waals surface area contributed by atoms with Gasteiger partial charge in [0.25, 0.3) is 0 Å². The third-order valence-corrected chi connectivity index (χ3v) is 5.41. The van der Waals surface area contributed by atoms with E-state index in [1.165, 1.54) is 25.7 Å². The lowest BCUT2D eigenvalue weighted by atomic mass is 9.44. The number of rotatable bonds is 3. The van der Waals surface area contributed by atoms with Gasteiger partial charge in [-0.05, 0) is 42.4 Å². The summed E-state index contributed by atoms with van der Waals surface area (Å²) in [4.78, 5) is 25.1. The fourth-order valence-electron chi connectivity index (χ4n) is 4.91. The number of piperazine rings is 1. The summed E-state index contributed by atoms with van der Waals surface area (Å²) < 4.78 is 0. The minimum absolute atomic E-state index is 0.0317. The van der Waals surface area contributed by atoms with Crippen LogP contribution in [0, 0.1) is 16.7 Å². The number of nitrogens with one attached hydrogen (secondary N) is 2. The van der Waals surface area contributed by atoms with E-state index < -0.39 is 0 Å². The molecule has 5 nitrogen and oxygen atoms in total. The van der Waals surface area contributed by atoms with Gasteiger partial charge in [-0.15, -0.1) is 0 Å². The summed E-state index contributed by atoms with van der Waals surface area (Å²) in [5.74, 6) is 0.727. The molecule has 3 aliphatic rings. The van der Waals surface area contributed by atoms with Gasteiger partial charge in [0.2, 0.25) is 11.8 Å². The van der Waals surface area contributed by atoms with Crippen LogP contribution in [0.2, 0.25) is 0 Å². The molecular formula is C16H27N3O2. The molecular weight excluding hydrogens is 266 g/mol. The standard InChI is InChI=1S/C16H27N3O2/c1-15(2)9-16(10-15)4-11(5-16)6-18-14(21)12-8-19(3)13(20)7-17-12/h11-12,17H,4-10H2,1-3H3,(H,18,21). The Morgan fingerprint density at radius 1 is 1.38 bits per heavy atom. The van der Waals surface area contributed by atoms with Crippen molar-refractivity contribution in [1.82, 2.24) is 15.5 Å². The van der Waals surface area contributed by atoms with Crippen LogP contribution in [-0.2, 0) is 9.59 Å². The third kappa shape index (κ3) is 2.93. The van der Waals surface area contributed by atoms with Crippen molar-refractivity contribution < 1.29 is 9.59 Å². The number of amides is 2. The molecule has 2 aliphatic carbocycles. The molecule has 0 radical (unpaired) electrons. The quantitative estimate of drug-likeness (QED) is 0.807. The number of hydrogen-bond donors (Lipinski definition) is 2. The molecule has 3 fully saturated rings. The lowest BCUT2D eigenvalue weighted by Gasteiger charge is -2.62. The van der Waals surface area contributed by atoms with Crippen LogP contribution in [0.5, 0.6) is 0 Å². The van der Waals surface area contributed by atoms with Crippen molar-refractivity contribution in [2.75, 3.05) is 26.7 Å². The first kappa shape index (κ1) is 14.8. The Hall–Kier alpha value is -1.10. The van der Waals surface area contributed by atoms with Gasteiger partial charge in [0.15, 0.2) is 0 Å². The predicted molar refractivity (Wildman–Crippen MR) is 80.6 cm³/mol. The van der Waals surface area contributed by atoms with E-state index in [0.29, 0.717) is 23.3 Å². The monoisotopic (exact) mass is 293 g/mol. The molecule has 1 unspecified atom stereocenters. The maximum Gasteiger partial charge on any atom is 0.238 e. The summed E-state index contributed by atoms with van der Waals surface area (Å²) in [6.45, 7) is 6.21. The minimum atomic E-state index is -0.260. The number of hydrogen-bond acceptors (Lipinski definition) is 3. The molecule has 0 aromatic carbocycles. The molecule has 1 saturated heterocycles. The molecule has 3 rings (SSSR count). The van der Waals surface area contributed by atoms with E-state index >= 15 is 0 Å². The Bertz CT molecular complexity index is 444. The second kappa shape index (κ2) is 4.97. The highest BCUT2D eigenvalue weighted by molar-refractivity contribution is 5.86. The first-order valence-electron chi connectivity index (χ1n) is 8.04. The molecule has 1 aliphatic heterocycles. The molecule has 1 atom stereocenters. The lowest BCUT2D eigenvalue weighted by molar-refractivity contribution is -0.135. The zero-order valence-corrected chi connectivity index (χ0v) is 13.4. The van der Waals surface area contributed by atoms with Gasteiger partial charge in [0.05, 0.1) is 6.54 Å². The number of carbonyl (C=O) groups is 2. The van der Waals surface area contributed by atoms with E-state index in [1.54, 1.807) is 11.9 Å². The van der Waals surface area contributed by atoms with Crippen molar-refractivity contribution in [1.29, 1.82) is 0 Å². The van der Waals surface area contributed by atoms with Gasteiger partial charge in [-0.25, -0.2) is 0 Å². The Labute approximate surface area is 126 Å². The highest BCUT2D eigenvalue weighted by atomic mass is 16.2. The largest absolute Gasteiger partial charge is 0.354 e. The van der Waals surface area contributed by atoms with Crippen LogP contribution in [0.15, 0.2) is 0 Å². The molecule has 1 heterocycles. The van der Waals surface area contributed by atoms with Gasteiger partial charge in [-0.2, -0.15) is 0 Å². The average molecular weight is 293 g/mol. The SMILES string of the molecule is CN1CC(C(=O)NCC2CC3(C2)CC(C)(C)C3)NCC1=O. The van der Waals surface area contributed by atoms with Gasteiger partial charge < -0.3 is 10.2 Å². The molecule has 2 saturated carbocycles.